The molecule has 0 fully saturated rings. The number of rotatable bonds is 0. The zero-order valence-corrected chi connectivity index (χ0v) is 5.87. The topological polar surface area (TPSA) is 43.2 Å². The number of benzene rings is 1. The number of fused-ring (bicyclic) bond motifs is 1. The number of carbonyl (C=O) groups excluding carboxylic acids is 1. The van der Waals surface area contributed by atoms with Gasteiger partial charge in [-0.25, -0.2) is 5.32 Å². The van der Waals surface area contributed by atoms with Crippen molar-refractivity contribution in [2.24, 2.45) is 0 Å². The van der Waals surface area contributed by atoms with Crippen LogP contribution in [0.3, 0.4) is 0 Å². The van der Waals surface area contributed by atoms with Crippen LogP contribution in [-0.2, 0) is 0 Å². The highest BCUT2D eigenvalue weighted by atomic mass is 16.1. The van der Waals surface area contributed by atoms with E-state index in [-0.39, 0.29) is 5.91 Å². The number of hydrogen-bond acceptors (Lipinski definition) is 2. The van der Waals surface area contributed by atoms with E-state index in [0.29, 0.717) is 12.2 Å². The Hall–Kier alpha value is -1.51. The third-order valence-electron chi connectivity index (χ3n) is 1.65. The van der Waals surface area contributed by atoms with Gasteiger partial charge in [0, 0.05) is 5.69 Å². The molecule has 0 atom stereocenters. The summed E-state index contributed by atoms with van der Waals surface area (Å²) in [5.74, 6) is -0.126. The fourth-order valence-electron chi connectivity index (χ4n) is 1.11. The summed E-state index contributed by atoms with van der Waals surface area (Å²) in [5.41, 5.74) is 1.55. The standard InChI is InChI=1S/C8H7N2O/c11-8-6-3-1-2-4-7(6)9-5-10-8/h1-4,9H,5H2. The Kier molecular flexibility index (Phi) is 1.28. The van der Waals surface area contributed by atoms with Gasteiger partial charge in [-0.15, -0.1) is 0 Å². The number of nitrogens with one attached hydrogen (secondary N) is 1. The number of nitrogens with zero attached hydrogens (tertiary/aromatic N) is 1. The zero-order chi connectivity index (χ0) is 7.68. The molecule has 0 saturated carbocycles. The molecule has 1 aliphatic rings. The molecule has 1 aromatic carbocycles. The van der Waals surface area contributed by atoms with E-state index in [9.17, 15) is 4.79 Å². The summed E-state index contributed by atoms with van der Waals surface area (Å²) < 4.78 is 0. The van der Waals surface area contributed by atoms with Gasteiger partial charge in [0.2, 0.25) is 0 Å². The van der Waals surface area contributed by atoms with E-state index >= 15 is 0 Å². The molecule has 1 heterocycles. The molecular weight excluding hydrogens is 140 g/mol. The Bertz CT molecular complexity index is 296. The Morgan fingerprint density at radius 1 is 1.36 bits per heavy atom. The molecule has 55 valence electrons. The fraction of sp³-hybridized carbons (Fsp3) is 0.125. The van der Waals surface area contributed by atoms with Gasteiger partial charge in [0.1, 0.15) is 6.67 Å². The van der Waals surface area contributed by atoms with Crippen molar-refractivity contribution in [1.82, 2.24) is 5.32 Å². The Morgan fingerprint density at radius 3 is 3.00 bits per heavy atom. The Labute approximate surface area is 64.4 Å². The average molecular weight is 147 g/mol. The van der Waals surface area contributed by atoms with E-state index in [1.165, 1.54) is 0 Å². The molecule has 1 amide bonds. The highest BCUT2D eigenvalue weighted by molar-refractivity contribution is 6.00. The van der Waals surface area contributed by atoms with Crippen molar-refractivity contribution in [3.05, 3.63) is 29.8 Å². The maximum atomic E-state index is 11.1. The molecule has 2 rings (SSSR count). The molecule has 3 nitrogen and oxygen atoms in total. The van der Waals surface area contributed by atoms with Crippen molar-refractivity contribution in [2.45, 2.75) is 0 Å². The number of anilines is 1. The summed E-state index contributed by atoms with van der Waals surface area (Å²) in [6.07, 6.45) is 0. The Balaban J connectivity index is 2.52. The summed E-state index contributed by atoms with van der Waals surface area (Å²) in [4.78, 5) is 11.1. The molecule has 0 aliphatic carbocycles. The maximum Gasteiger partial charge on any atom is 0.276 e. The first-order chi connectivity index (χ1) is 5.38. The van der Waals surface area contributed by atoms with Gasteiger partial charge in [-0.2, -0.15) is 0 Å². The molecular formula is C8H7N2O. The number of para-hydroxylation sites is 1. The summed E-state index contributed by atoms with van der Waals surface area (Å²) >= 11 is 0. The molecule has 0 saturated heterocycles. The Morgan fingerprint density at radius 2 is 2.18 bits per heavy atom. The van der Waals surface area contributed by atoms with Crippen molar-refractivity contribution in [2.75, 3.05) is 12.0 Å². The molecule has 1 N–H and O–H groups in total. The van der Waals surface area contributed by atoms with E-state index in [0.717, 1.165) is 5.69 Å². The summed E-state index contributed by atoms with van der Waals surface area (Å²) in [6.45, 7) is 0.399. The predicted octanol–water partition coefficient (Wildman–Crippen LogP) is 0.814. The van der Waals surface area contributed by atoms with E-state index in [1.807, 2.05) is 18.2 Å². The molecule has 0 spiro atoms. The predicted molar refractivity (Wildman–Crippen MR) is 41.4 cm³/mol. The first-order valence-corrected chi connectivity index (χ1v) is 3.42. The highest BCUT2D eigenvalue weighted by Gasteiger charge is 2.15. The highest BCUT2D eigenvalue weighted by Crippen LogP contribution is 2.16. The lowest BCUT2D eigenvalue weighted by Gasteiger charge is -2.15. The SMILES string of the molecule is O=C1[N]CNc2ccccc21. The molecule has 1 aromatic rings. The van der Waals surface area contributed by atoms with Crippen molar-refractivity contribution in [1.29, 1.82) is 0 Å². The summed E-state index contributed by atoms with van der Waals surface area (Å²) in [6, 6.07) is 7.37. The van der Waals surface area contributed by atoms with Gasteiger partial charge in [0.25, 0.3) is 5.91 Å². The van der Waals surface area contributed by atoms with E-state index < -0.39 is 0 Å². The van der Waals surface area contributed by atoms with Gasteiger partial charge in [-0.1, -0.05) is 12.1 Å². The average Bonchev–Trinajstić information content (AvgIpc) is 2.06. The van der Waals surface area contributed by atoms with Crippen LogP contribution in [0.4, 0.5) is 5.69 Å². The second kappa shape index (κ2) is 2.27. The van der Waals surface area contributed by atoms with Crippen molar-refractivity contribution < 1.29 is 4.79 Å². The van der Waals surface area contributed by atoms with Crippen molar-refractivity contribution >= 4 is 11.6 Å². The third-order valence-corrected chi connectivity index (χ3v) is 1.65. The van der Waals surface area contributed by atoms with E-state index in [2.05, 4.69) is 10.6 Å². The maximum absolute atomic E-state index is 11.1. The van der Waals surface area contributed by atoms with Gasteiger partial charge >= 0.3 is 0 Å². The molecule has 1 radical (unpaired) electrons. The summed E-state index contributed by atoms with van der Waals surface area (Å²) in [7, 11) is 0. The van der Waals surface area contributed by atoms with Gasteiger partial charge in [0.05, 0.1) is 5.56 Å². The quantitative estimate of drug-likeness (QED) is 0.590. The lowest BCUT2D eigenvalue weighted by molar-refractivity contribution is 0.0948. The van der Waals surface area contributed by atoms with E-state index in [4.69, 9.17) is 0 Å². The molecule has 1 aliphatic heterocycles. The van der Waals surface area contributed by atoms with Crippen LogP contribution in [-0.4, -0.2) is 12.6 Å². The minimum absolute atomic E-state index is 0.126. The van der Waals surface area contributed by atoms with Crippen LogP contribution in [0, 0.1) is 0 Å². The number of hydrogen-bond donors (Lipinski definition) is 1. The van der Waals surface area contributed by atoms with Crippen LogP contribution in [0.5, 0.6) is 0 Å². The van der Waals surface area contributed by atoms with Crippen LogP contribution in [0.1, 0.15) is 10.4 Å². The van der Waals surface area contributed by atoms with Crippen LogP contribution < -0.4 is 10.6 Å². The van der Waals surface area contributed by atoms with Gasteiger partial charge in [-0.3, -0.25) is 4.79 Å². The normalized spacial score (nSPS) is 14.7. The monoisotopic (exact) mass is 147 g/mol. The summed E-state index contributed by atoms with van der Waals surface area (Å²) in [5, 5.41) is 6.73. The van der Waals surface area contributed by atoms with Gasteiger partial charge in [0.15, 0.2) is 0 Å². The smallest absolute Gasteiger partial charge is 0.276 e. The molecule has 11 heavy (non-hydrogen) atoms. The van der Waals surface area contributed by atoms with Crippen molar-refractivity contribution in [3.8, 4) is 0 Å². The molecule has 3 heteroatoms. The molecule has 0 bridgehead atoms. The third kappa shape index (κ3) is 0.941. The van der Waals surface area contributed by atoms with Crippen LogP contribution in [0.25, 0.3) is 0 Å². The lowest BCUT2D eigenvalue weighted by atomic mass is 10.1. The minimum Gasteiger partial charge on any atom is -0.366 e. The van der Waals surface area contributed by atoms with Crippen LogP contribution >= 0.6 is 0 Å². The lowest BCUT2D eigenvalue weighted by Crippen LogP contribution is -2.28. The van der Waals surface area contributed by atoms with Crippen LogP contribution in [0.2, 0.25) is 0 Å². The first kappa shape index (κ1) is 6.22. The number of amides is 1. The largest absolute Gasteiger partial charge is 0.366 e. The van der Waals surface area contributed by atoms with E-state index in [1.54, 1.807) is 6.07 Å². The first-order valence-electron chi connectivity index (χ1n) is 3.42. The fourth-order valence-corrected chi connectivity index (χ4v) is 1.11. The van der Waals surface area contributed by atoms with Crippen LogP contribution in [0.15, 0.2) is 24.3 Å². The number of carbonyl (C=O) groups is 1. The van der Waals surface area contributed by atoms with Gasteiger partial charge < -0.3 is 5.32 Å². The second-order valence-corrected chi connectivity index (χ2v) is 2.34. The molecule has 0 aromatic heterocycles. The minimum atomic E-state index is -0.126. The molecule has 0 unspecified atom stereocenters. The van der Waals surface area contributed by atoms with Gasteiger partial charge in [-0.05, 0) is 12.1 Å². The second-order valence-electron chi connectivity index (χ2n) is 2.34. The zero-order valence-electron chi connectivity index (χ0n) is 5.87. The van der Waals surface area contributed by atoms with Crippen molar-refractivity contribution in [3.63, 3.8) is 0 Å².